The lowest BCUT2D eigenvalue weighted by atomic mass is 10.0. The van der Waals surface area contributed by atoms with Crippen molar-refractivity contribution in [3.8, 4) is 22.5 Å². The van der Waals surface area contributed by atoms with Crippen LogP contribution in [0.4, 0.5) is 0 Å². The average molecular weight is 665 g/mol. The number of para-hydroxylation sites is 4. The van der Waals surface area contributed by atoms with Crippen LogP contribution in [0.2, 0.25) is 0 Å². The highest BCUT2D eigenvalue weighted by Crippen LogP contribution is 2.44. The highest BCUT2D eigenvalue weighted by molar-refractivity contribution is 6.23. The van der Waals surface area contributed by atoms with Crippen LogP contribution in [0.25, 0.3) is 110 Å². The zero-order valence-corrected chi connectivity index (χ0v) is 27.9. The molecule has 242 valence electrons. The third-order valence-corrected chi connectivity index (χ3v) is 10.9. The summed E-state index contributed by atoms with van der Waals surface area (Å²) in [6.07, 6.45) is 0. The molecule has 0 unspecified atom stereocenters. The van der Waals surface area contributed by atoms with Gasteiger partial charge in [-0.3, -0.25) is 0 Å². The fourth-order valence-corrected chi connectivity index (χ4v) is 8.65. The predicted octanol–water partition coefficient (Wildman–Crippen LogP) is 13.3. The Morgan fingerprint density at radius 2 is 0.731 bits per heavy atom. The zero-order valence-electron chi connectivity index (χ0n) is 27.9. The molecule has 4 aromatic heterocycles. The van der Waals surface area contributed by atoms with Crippen LogP contribution in [-0.2, 0) is 0 Å². The lowest BCUT2D eigenvalue weighted by Gasteiger charge is -2.16. The van der Waals surface area contributed by atoms with E-state index in [0.29, 0.717) is 0 Å². The first-order valence-electron chi connectivity index (χ1n) is 17.7. The number of hydrogen-bond donors (Lipinski definition) is 0. The Morgan fingerprint density at radius 1 is 0.308 bits per heavy atom. The molecule has 0 saturated carbocycles. The van der Waals surface area contributed by atoms with Crippen LogP contribution in [0.5, 0.6) is 0 Å². The summed E-state index contributed by atoms with van der Waals surface area (Å²) in [6, 6.07) is 60.6. The minimum absolute atomic E-state index is 0.890. The fraction of sp³-hybridized carbons (Fsp3) is 0. The largest absolute Gasteiger partial charge is 0.454 e. The van der Waals surface area contributed by atoms with Gasteiger partial charge in [-0.25, -0.2) is 0 Å². The SMILES string of the molecule is c1ccc(-c2cc(-n3c4ccccc4c4ccc5c6ccccc6oc5c43)cc(-n3c4ccccc4c4ccc5c6ccccc6oc5c43)c2)cc1. The van der Waals surface area contributed by atoms with E-state index in [-0.39, 0.29) is 0 Å². The van der Waals surface area contributed by atoms with Gasteiger partial charge in [0.2, 0.25) is 0 Å². The second kappa shape index (κ2) is 10.3. The molecule has 0 saturated heterocycles. The molecule has 8 aromatic carbocycles. The Hall–Kier alpha value is -7.04. The summed E-state index contributed by atoms with van der Waals surface area (Å²) in [5.74, 6) is 0. The number of fused-ring (bicyclic) bond motifs is 14. The number of furan rings is 2. The summed E-state index contributed by atoms with van der Waals surface area (Å²) >= 11 is 0. The quantitative estimate of drug-likeness (QED) is 0.188. The number of benzene rings is 8. The Labute approximate surface area is 296 Å². The maximum absolute atomic E-state index is 6.73. The molecule has 12 aromatic rings. The van der Waals surface area contributed by atoms with Crippen molar-refractivity contribution in [3.05, 3.63) is 170 Å². The van der Waals surface area contributed by atoms with Gasteiger partial charge < -0.3 is 18.0 Å². The van der Waals surface area contributed by atoms with E-state index in [4.69, 9.17) is 8.83 Å². The first-order chi connectivity index (χ1) is 25.8. The molecule has 12 rings (SSSR count). The summed E-state index contributed by atoms with van der Waals surface area (Å²) < 4.78 is 18.3. The van der Waals surface area contributed by atoms with Gasteiger partial charge in [0.15, 0.2) is 11.2 Å². The molecule has 0 radical (unpaired) electrons. The normalized spacial score (nSPS) is 12.2. The van der Waals surface area contributed by atoms with Gasteiger partial charge in [-0.2, -0.15) is 0 Å². The van der Waals surface area contributed by atoms with Crippen molar-refractivity contribution in [2.75, 3.05) is 0 Å². The fourth-order valence-electron chi connectivity index (χ4n) is 8.65. The Balaban J connectivity index is 1.26. The van der Waals surface area contributed by atoms with Crippen molar-refractivity contribution in [2.24, 2.45) is 0 Å². The summed E-state index contributed by atoms with van der Waals surface area (Å²) in [5, 5.41) is 9.16. The van der Waals surface area contributed by atoms with Gasteiger partial charge in [0, 0.05) is 54.5 Å². The maximum atomic E-state index is 6.73. The molecule has 0 aliphatic carbocycles. The molecule has 0 bridgehead atoms. The summed E-state index contributed by atoms with van der Waals surface area (Å²) in [4.78, 5) is 0. The maximum Gasteiger partial charge on any atom is 0.160 e. The van der Waals surface area contributed by atoms with Crippen molar-refractivity contribution in [1.82, 2.24) is 9.13 Å². The monoisotopic (exact) mass is 664 g/mol. The van der Waals surface area contributed by atoms with Gasteiger partial charge in [-0.15, -0.1) is 0 Å². The molecule has 0 atom stereocenters. The number of nitrogens with zero attached hydrogens (tertiary/aromatic N) is 2. The summed E-state index contributed by atoms with van der Waals surface area (Å²) in [6.45, 7) is 0. The third-order valence-electron chi connectivity index (χ3n) is 10.9. The van der Waals surface area contributed by atoms with Crippen LogP contribution in [0.3, 0.4) is 0 Å². The molecule has 0 fully saturated rings. The van der Waals surface area contributed by atoms with E-state index >= 15 is 0 Å². The van der Waals surface area contributed by atoms with E-state index in [0.717, 1.165) is 99.2 Å². The molecule has 0 N–H and O–H groups in total. The molecule has 0 aliphatic rings. The van der Waals surface area contributed by atoms with Gasteiger partial charge in [0.25, 0.3) is 0 Å². The smallest absolute Gasteiger partial charge is 0.160 e. The van der Waals surface area contributed by atoms with Crippen LogP contribution in [0.15, 0.2) is 179 Å². The first kappa shape index (κ1) is 27.7. The van der Waals surface area contributed by atoms with Crippen LogP contribution in [-0.4, -0.2) is 9.13 Å². The number of hydrogen-bond acceptors (Lipinski definition) is 2. The minimum Gasteiger partial charge on any atom is -0.454 e. The van der Waals surface area contributed by atoms with Crippen molar-refractivity contribution in [3.63, 3.8) is 0 Å². The minimum atomic E-state index is 0.890. The lowest BCUT2D eigenvalue weighted by molar-refractivity contribution is 0.671. The molecule has 4 heteroatoms. The molecule has 0 amide bonds. The third kappa shape index (κ3) is 3.70. The van der Waals surface area contributed by atoms with Crippen LogP contribution < -0.4 is 0 Å². The van der Waals surface area contributed by atoms with E-state index in [1.165, 1.54) is 10.8 Å². The molecule has 4 nitrogen and oxygen atoms in total. The average Bonchev–Trinajstić information content (AvgIpc) is 3.96. The van der Waals surface area contributed by atoms with Gasteiger partial charge >= 0.3 is 0 Å². The highest BCUT2D eigenvalue weighted by atomic mass is 16.3. The zero-order chi connectivity index (χ0) is 33.9. The van der Waals surface area contributed by atoms with Crippen molar-refractivity contribution in [2.45, 2.75) is 0 Å². The van der Waals surface area contributed by atoms with Gasteiger partial charge in [-0.05, 0) is 65.7 Å². The highest BCUT2D eigenvalue weighted by Gasteiger charge is 2.22. The molecule has 52 heavy (non-hydrogen) atoms. The van der Waals surface area contributed by atoms with E-state index in [1.807, 2.05) is 12.1 Å². The summed E-state index contributed by atoms with van der Waals surface area (Å²) in [5.41, 5.74) is 12.3. The topological polar surface area (TPSA) is 36.1 Å². The lowest BCUT2D eigenvalue weighted by Crippen LogP contribution is -2.00. The van der Waals surface area contributed by atoms with Crippen LogP contribution >= 0.6 is 0 Å². The van der Waals surface area contributed by atoms with Crippen LogP contribution in [0, 0.1) is 0 Å². The van der Waals surface area contributed by atoms with E-state index in [9.17, 15) is 0 Å². The van der Waals surface area contributed by atoms with Crippen molar-refractivity contribution >= 4 is 87.5 Å². The molecular formula is C48H28N2O2. The standard InChI is InChI=1S/C48H28N2O2/c1-2-12-29(13-3-1)30-26-31(49-41-18-8-4-14-33(41)37-22-24-39-35-16-6-10-20-43(35)51-47(39)45(37)49)28-32(27-30)50-42-19-9-5-15-34(42)38-23-25-40-36-17-7-11-21-44(36)52-48(40)46(38)50/h1-28H. The van der Waals surface area contributed by atoms with Gasteiger partial charge in [0.1, 0.15) is 11.2 Å². The second-order valence-corrected chi connectivity index (χ2v) is 13.7. The first-order valence-corrected chi connectivity index (χ1v) is 17.7. The molecule has 0 aliphatic heterocycles. The second-order valence-electron chi connectivity index (χ2n) is 13.7. The van der Waals surface area contributed by atoms with E-state index in [1.54, 1.807) is 0 Å². The van der Waals surface area contributed by atoms with Crippen LogP contribution in [0.1, 0.15) is 0 Å². The van der Waals surface area contributed by atoms with Gasteiger partial charge in [0.05, 0.1) is 22.1 Å². The molecular weight excluding hydrogens is 637 g/mol. The summed E-state index contributed by atoms with van der Waals surface area (Å²) in [7, 11) is 0. The number of aromatic nitrogens is 2. The Kier molecular flexibility index (Phi) is 5.47. The number of rotatable bonds is 3. The Morgan fingerprint density at radius 3 is 1.25 bits per heavy atom. The van der Waals surface area contributed by atoms with Gasteiger partial charge in [-0.1, -0.05) is 115 Å². The van der Waals surface area contributed by atoms with E-state index in [2.05, 4.69) is 167 Å². The molecule has 4 heterocycles. The van der Waals surface area contributed by atoms with E-state index < -0.39 is 0 Å². The van der Waals surface area contributed by atoms with Crippen molar-refractivity contribution in [1.29, 1.82) is 0 Å². The Bertz CT molecular complexity index is 3200. The predicted molar refractivity (Wildman–Crippen MR) is 215 cm³/mol. The molecule has 0 spiro atoms. The van der Waals surface area contributed by atoms with Crippen molar-refractivity contribution < 1.29 is 8.83 Å².